The van der Waals surface area contributed by atoms with Crippen molar-refractivity contribution in [2.75, 3.05) is 6.54 Å². The van der Waals surface area contributed by atoms with Crippen LogP contribution >= 0.6 is 0 Å². The number of halogens is 1. The van der Waals surface area contributed by atoms with Gasteiger partial charge in [0, 0.05) is 5.56 Å². The highest BCUT2D eigenvalue weighted by Crippen LogP contribution is 2.26. The lowest BCUT2D eigenvalue weighted by Gasteiger charge is -2.03. The van der Waals surface area contributed by atoms with E-state index in [-0.39, 0.29) is 5.82 Å². The number of nitrogens with one attached hydrogen (secondary N) is 1. The predicted molar refractivity (Wildman–Crippen MR) is 70.8 cm³/mol. The first-order chi connectivity index (χ1) is 8.70. The number of aryl methyl sites for hydroxylation is 1. The van der Waals surface area contributed by atoms with Gasteiger partial charge in [-0.25, -0.2) is 4.39 Å². The number of hydrogen-bond donors (Lipinski definition) is 1. The molecule has 0 unspecified atom stereocenters. The van der Waals surface area contributed by atoms with Crippen molar-refractivity contribution in [3.63, 3.8) is 0 Å². The molecular formula is C15H18FNO. The first kappa shape index (κ1) is 12.8. The van der Waals surface area contributed by atoms with Crippen molar-refractivity contribution in [2.24, 2.45) is 0 Å². The number of furan rings is 1. The second-order valence-corrected chi connectivity index (χ2v) is 4.40. The summed E-state index contributed by atoms with van der Waals surface area (Å²) in [6.45, 7) is 5.72. The zero-order chi connectivity index (χ0) is 13.0. The van der Waals surface area contributed by atoms with Crippen LogP contribution in [0.2, 0.25) is 0 Å². The van der Waals surface area contributed by atoms with Crippen molar-refractivity contribution in [1.29, 1.82) is 0 Å². The monoisotopic (exact) mass is 247 g/mol. The van der Waals surface area contributed by atoms with E-state index < -0.39 is 0 Å². The average molecular weight is 247 g/mol. The fourth-order valence-electron chi connectivity index (χ4n) is 1.91. The van der Waals surface area contributed by atoms with Crippen molar-refractivity contribution in [3.05, 3.63) is 47.5 Å². The van der Waals surface area contributed by atoms with Gasteiger partial charge in [-0.3, -0.25) is 0 Å². The van der Waals surface area contributed by atoms with E-state index in [4.69, 9.17) is 4.42 Å². The third kappa shape index (κ3) is 2.99. The largest absolute Gasteiger partial charge is 0.460 e. The Morgan fingerprint density at radius 2 is 2.06 bits per heavy atom. The summed E-state index contributed by atoms with van der Waals surface area (Å²) in [6.07, 6.45) is 1.10. The third-order valence-corrected chi connectivity index (χ3v) is 2.84. The minimum Gasteiger partial charge on any atom is -0.460 e. The standard InChI is InChI=1S/C15H18FNO/c1-3-8-17-10-13-5-7-15(18-13)14-6-4-12(16)9-11(14)2/h4-7,9,17H,3,8,10H2,1-2H3. The second-order valence-electron chi connectivity index (χ2n) is 4.40. The predicted octanol–water partition coefficient (Wildman–Crippen LogP) is 3.89. The number of hydrogen-bond acceptors (Lipinski definition) is 2. The van der Waals surface area contributed by atoms with E-state index in [1.165, 1.54) is 12.1 Å². The van der Waals surface area contributed by atoms with Gasteiger partial charge < -0.3 is 9.73 Å². The molecule has 2 rings (SSSR count). The molecule has 0 fully saturated rings. The lowest BCUT2D eigenvalue weighted by molar-refractivity contribution is 0.493. The van der Waals surface area contributed by atoms with Crippen LogP contribution in [0.25, 0.3) is 11.3 Å². The highest BCUT2D eigenvalue weighted by Gasteiger charge is 2.07. The summed E-state index contributed by atoms with van der Waals surface area (Å²) in [5.74, 6) is 1.48. The van der Waals surface area contributed by atoms with Gasteiger partial charge in [-0.2, -0.15) is 0 Å². The molecule has 0 aliphatic heterocycles. The van der Waals surface area contributed by atoms with Crippen LogP contribution in [0.1, 0.15) is 24.7 Å². The molecule has 0 spiro atoms. The quantitative estimate of drug-likeness (QED) is 0.811. The van der Waals surface area contributed by atoms with Gasteiger partial charge in [-0.1, -0.05) is 6.92 Å². The first-order valence-corrected chi connectivity index (χ1v) is 6.26. The maximum absolute atomic E-state index is 13.0. The highest BCUT2D eigenvalue weighted by atomic mass is 19.1. The summed E-state index contributed by atoms with van der Waals surface area (Å²) >= 11 is 0. The van der Waals surface area contributed by atoms with E-state index in [1.807, 2.05) is 19.1 Å². The smallest absolute Gasteiger partial charge is 0.134 e. The summed E-state index contributed by atoms with van der Waals surface area (Å²) in [4.78, 5) is 0. The van der Waals surface area contributed by atoms with Gasteiger partial charge in [0.1, 0.15) is 17.3 Å². The molecular weight excluding hydrogens is 229 g/mol. The summed E-state index contributed by atoms with van der Waals surface area (Å²) in [5.41, 5.74) is 1.83. The Morgan fingerprint density at radius 3 is 2.78 bits per heavy atom. The fraction of sp³-hybridized carbons (Fsp3) is 0.333. The van der Waals surface area contributed by atoms with Crippen molar-refractivity contribution in [1.82, 2.24) is 5.32 Å². The lowest BCUT2D eigenvalue weighted by atomic mass is 10.1. The Bertz CT molecular complexity index is 519. The van der Waals surface area contributed by atoms with E-state index in [2.05, 4.69) is 12.2 Å². The summed E-state index contributed by atoms with van der Waals surface area (Å²) in [7, 11) is 0. The first-order valence-electron chi connectivity index (χ1n) is 6.26. The van der Waals surface area contributed by atoms with E-state index in [1.54, 1.807) is 6.07 Å². The molecule has 2 aromatic rings. The Morgan fingerprint density at radius 1 is 1.22 bits per heavy atom. The highest BCUT2D eigenvalue weighted by molar-refractivity contribution is 5.61. The summed E-state index contributed by atoms with van der Waals surface area (Å²) in [6, 6.07) is 8.63. The van der Waals surface area contributed by atoms with Crippen LogP contribution in [-0.2, 0) is 6.54 Å². The maximum atomic E-state index is 13.0. The van der Waals surface area contributed by atoms with Crippen molar-refractivity contribution < 1.29 is 8.81 Å². The Labute approximate surface area is 107 Å². The van der Waals surface area contributed by atoms with E-state index in [9.17, 15) is 4.39 Å². The Hall–Kier alpha value is -1.61. The molecule has 1 aromatic carbocycles. The SMILES string of the molecule is CCCNCc1ccc(-c2ccc(F)cc2C)o1. The molecule has 0 aliphatic carbocycles. The van der Waals surface area contributed by atoms with Gasteiger partial charge in [-0.15, -0.1) is 0 Å². The molecule has 0 saturated carbocycles. The van der Waals surface area contributed by atoms with Crippen LogP contribution < -0.4 is 5.32 Å². The summed E-state index contributed by atoms with van der Waals surface area (Å²) in [5, 5.41) is 3.29. The van der Waals surface area contributed by atoms with Crippen LogP contribution in [0.5, 0.6) is 0 Å². The van der Waals surface area contributed by atoms with Gasteiger partial charge >= 0.3 is 0 Å². The lowest BCUT2D eigenvalue weighted by Crippen LogP contribution is -2.12. The molecule has 0 atom stereocenters. The van der Waals surface area contributed by atoms with E-state index in [0.29, 0.717) is 0 Å². The van der Waals surface area contributed by atoms with Crippen molar-refractivity contribution in [2.45, 2.75) is 26.8 Å². The topological polar surface area (TPSA) is 25.2 Å². The molecule has 1 heterocycles. The van der Waals surface area contributed by atoms with Crippen LogP contribution in [0.15, 0.2) is 34.7 Å². The zero-order valence-electron chi connectivity index (χ0n) is 10.8. The van der Waals surface area contributed by atoms with E-state index >= 15 is 0 Å². The number of rotatable bonds is 5. The molecule has 18 heavy (non-hydrogen) atoms. The molecule has 0 amide bonds. The molecule has 96 valence electrons. The van der Waals surface area contributed by atoms with Gasteiger partial charge in [0.05, 0.1) is 6.54 Å². The molecule has 2 nitrogen and oxygen atoms in total. The molecule has 0 bridgehead atoms. The molecule has 1 N–H and O–H groups in total. The van der Waals surface area contributed by atoms with Crippen molar-refractivity contribution >= 4 is 0 Å². The minimum absolute atomic E-state index is 0.215. The van der Waals surface area contributed by atoms with E-state index in [0.717, 1.165) is 42.2 Å². The van der Waals surface area contributed by atoms with Gasteiger partial charge in [0.15, 0.2) is 0 Å². The van der Waals surface area contributed by atoms with Crippen molar-refractivity contribution in [3.8, 4) is 11.3 Å². The van der Waals surface area contributed by atoms with Gasteiger partial charge in [0.2, 0.25) is 0 Å². The minimum atomic E-state index is -0.215. The second kappa shape index (κ2) is 5.83. The van der Waals surface area contributed by atoms with Gasteiger partial charge in [0.25, 0.3) is 0 Å². The summed E-state index contributed by atoms with van der Waals surface area (Å²) < 4.78 is 18.8. The van der Waals surface area contributed by atoms with Gasteiger partial charge in [-0.05, 0) is 55.8 Å². The Kier molecular flexibility index (Phi) is 4.15. The van der Waals surface area contributed by atoms with Crippen LogP contribution in [0.4, 0.5) is 4.39 Å². The average Bonchev–Trinajstić information content (AvgIpc) is 2.78. The maximum Gasteiger partial charge on any atom is 0.134 e. The van der Waals surface area contributed by atoms with Crippen LogP contribution in [-0.4, -0.2) is 6.54 Å². The third-order valence-electron chi connectivity index (χ3n) is 2.84. The molecule has 0 aliphatic rings. The Balaban J connectivity index is 2.13. The fourth-order valence-corrected chi connectivity index (χ4v) is 1.91. The number of benzene rings is 1. The molecule has 0 radical (unpaired) electrons. The normalized spacial score (nSPS) is 10.8. The molecule has 3 heteroatoms. The van der Waals surface area contributed by atoms with Crippen LogP contribution in [0.3, 0.4) is 0 Å². The zero-order valence-corrected chi connectivity index (χ0v) is 10.8. The molecule has 1 aromatic heterocycles. The molecule has 0 saturated heterocycles. The van der Waals surface area contributed by atoms with Crippen LogP contribution in [0, 0.1) is 12.7 Å².